The number of hydrogen-bond donors (Lipinski definition) is 1. The number of hydrogen-bond acceptors (Lipinski definition) is 1. The maximum Gasteiger partial charge on any atom is 0.225 e. The molecule has 0 aromatic heterocycles. The average molecular weight is 231 g/mol. The predicted octanol–water partition coefficient (Wildman–Crippen LogP) is 3.23. The summed E-state index contributed by atoms with van der Waals surface area (Å²) in [6.07, 6.45) is 3.35. The van der Waals surface area contributed by atoms with Gasteiger partial charge in [0, 0.05) is 5.41 Å². The SMILES string of the molecule is CC(C)(C)C(=O)N[C@H]1CCCc2ccccc21. The normalized spacial score (nSPS) is 19.6. The van der Waals surface area contributed by atoms with Gasteiger partial charge in [0.05, 0.1) is 6.04 Å². The Hall–Kier alpha value is -1.31. The van der Waals surface area contributed by atoms with Crippen molar-refractivity contribution in [1.82, 2.24) is 5.32 Å². The molecule has 0 saturated carbocycles. The third-order valence-corrected chi connectivity index (χ3v) is 3.36. The number of aryl methyl sites for hydroxylation is 1. The summed E-state index contributed by atoms with van der Waals surface area (Å²) in [6, 6.07) is 8.65. The first kappa shape index (κ1) is 12.2. The molecule has 0 unspecified atom stereocenters. The maximum absolute atomic E-state index is 12.0. The van der Waals surface area contributed by atoms with Gasteiger partial charge in [-0.05, 0) is 30.4 Å². The molecule has 0 spiro atoms. The minimum atomic E-state index is -0.313. The molecule has 2 nitrogen and oxygen atoms in total. The quantitative estimate of drug-likeness (QED) is 0.790. The molecule has 1 aliphatic carbocycles. The van der Waals surface area contributed by atoms with E-state index in [1.165, 1.54) is 11.1 Å². The Kier molecular flexibility index (Phi) is 3.23. The molecular formula is C15H21NO. The molecule has 2 heteroatoms. The van der Waals surface area contributed by atoms with Crippen molar-refractivity contribution >= 4 is 5.91 Å². The second kappa shape index (κ2) is 4.52. The Balaban J connectivity index is 2.17. The lowest BCUT2D eigenvalue weighted by Gasteiger charge is -2.29. The second-order valence-electron chi connectivity index (χ2n) is 5.87. The van der Waals surface area contributed by atoms with Gasteiger partial charge in [-0.3, -0.25) is 4.79 Å². The zero-order valence-electron chi connectivity index (χ0n) is 10.9. The summed E-state index contributed by atoms with van der Waals surface area (Å²) in [5.41, 5.74) is 2.38. The van der Waals surface area contributed by atoms with Crippen LogP contribution in [0.1, 0.15) is 50.8 Å². The lowest BCUT2D eigenvalue weighted by molar-refractivity contribution is -0.129. The van der Waals surface area contributed by atoms with E-state index in [4.69, 9.17) is 0 Å². The van der Waals surface area contributed by atoms with Crippen LogP contribution in [0, 0.1) is 5.41 Å². The standard InChI is InChI=1S/C15H21NO/c1-15(2,3)14(17)16-13-10-6-8-11-7-4-5-9-12(11)13/h4-5,7,9,13H,6,8,10H2,1-3H3,(H,16,17)/t13-/m0/s1. The zero-order valence-corrected chi connectivity index (χ0v) is 10.9. The molecule has 0 bridgehead atoms. The zero-order chi connectivity index (χ0) is 12.5. The van der Waals surface area contributed by atoms with E-state index < -0.39 is 0 Å². The first-order chi connectivity index (χ1) is 7.98. The number of benzene rings is 1. The molecule has 1 aliphatic rings. The third kappa shape index (κ3) is 2.68. The van der Waals surface area contributed by atoms with Crippen LogP contribution in [0.4, 0.5) is 0 Å². The van der Waals surface area contributed by atoms with E-state index in [9.17, 15) is 4.79 Å². The minimum absolute atomic E-state index is 0.138. The highest BCUT2D eigenvalue weighted by molar-refractivity contribution is 5.81. The fraction of sp³-hybridized carbons (Fsp3) is 0.533. The first-order valence-corrected chi connectivity index (χ1v) is 6.37. The molecule has 1 aromatic rings. The molecule has 1 atom stereocenters. The molecule has 2 rings (SSSR count). The molecule has 0 aliphatic heterocycles. The highest BCUT2D eigenvalue weighted by Gasteiger charge is 2.27. The topological polar surface area (TPSA) is 29.1 Å². The van der Waals surface area contributed by atoms with Crippen LogP contribution in [-0.4, -0.2) is 5.91 Å². The monoisotopic (exact) mass is 231 g/mol. The summed E-state index contributed by atoms with van der Waals surface area (Å²) in [4.78, 5) is 12.0. The van der Waals surface area contributed by atoms with Gasteiger partial charge in [-0.25, -0.2) is 0 Å². The van der Waals surface area contributed by atoms with Crippen LogP contribution in [0.3, 0.4) is 0 Å². The van der Waals surface area contributed by atoms with Gasteiger partial charge in [-0.15, -0.1) is 0 Å². The van der Waals surface area contributed by atoms with Gasteiger partial charge in [-0.2, -0.15) is 0 Å². The summed E-state index contributed by atoms with van der Waals surface area (Å²) < 4.78 is 0. The van der Waals surface area contributed by atoms with E-state index in [1.807, 2.05) is 20.8 Å². The van der Waals surface area contributed by atoms with Crippen molar-refractivity contribution < 1.29 is 4.79 Å². The molecular weight excluding hydrogens is 210 g/mol. The molecule has 92 valence electrons. The fourth-order valence-corrected chi connectivity index (χ4v) is 2.28. The largest absolute Gasteiger partial charge is 0.349 e. The number of carbonyl (C=O) groups is 1. The van der Waals surface area contributed by atoms with Gasteiger partial charge < -0.3 is 5.32 Å². The van der Waals surface area contributed by atoms with Crippen LogP contribution in [0.25, 0.3) is 0 Å². The Morgan fingerprint density at radius 2 is 2.00 bits per heavy atom. The minimum Gasteiger partial charge on any atom is -0.349 e. The molecule has 1 aromatic carbocycles. The van der Waals surface area contributed by atoms with Gasteiger partial charge in [0.2, 0.25) is 5.91 Å². The van der Waals surface area contributed by atoms with Crippen molar-refractivity contribution in [3.63, 3.8) is 0 Å². The average Bonchev–Trinajstić information content (AvgIpc) is 2.28. The van der Waals surface area contributed by atoms with E-state index in [-0.39, 0.29) is 17.4 Å². The Bertz CT molecular complexity index is 417. The number of fused-ring (bicyclic) bond motifs is 1. The fourth-order valence-electron chi connectivity index (χ4n) is 2.28. The summed E-state index contributed by atoms with van der Waals surface area (Å²) >= 11 is 0. The van der Waals surface area contributed by atoms with Gasteiger partial charge >= 0.3 is 0 Å². The number of nitrogens with one attached hydrogen (secondary N) is 1. The van der Waals surface area contributed by atoms with Gasteiger partial charge in [0.1, 0.15) is 0 Å². The van der Waals surface area contributed by atoms with Gasteiger partial charge in [-0.1, -0.05) is 45.0 Å². The van der Waals surface area contributed by atoms with Crippen LogP contribution in [0.15, 0.2) is 24.3 Å². The first-order valence-electron chi connectivity index (χ1n) is 6.37. The molecule has 0 radical (unpaired) electrons. The highest BCUT2D eigenvalue weighted by Crippen LogP contribution is 2.30. The maximum atomic E-state index is 12.0. The number of rotatable bonds is 1. The summed E-state index contributed by atoms with van der Waals surface area (Å²) in [5.74, 6) is 0.138. The van der Waals surface area contributed by atoms with Crippen molar-refractivity contribution in [2.24, 2.45) is 5.41 Å². The summed E-state index contributed by atoms with van der Waals surface area (Å²) in [6.45, 7) is 5.87. The molecule has 17 heavy (non-hydrogen) atoms. The van der Waals surface area contributed by atoms with Crippen molar-refractivity contribution in [3.8, 4) is 0 Å². The Morgan fingerprint density at radius 3 is 2.71 bits per heavy atom. The van der Waals surface area contributed by atoms with Crippen LogP contribution < -0.4 is 5.32 Å². The smallest absolute Gasteiger partial charge is 0.225 e. The van der Waals surface area contributed by atoms with E-state index >= 15 is 0 Å². The number of amides is 1. The predicted molar refractivity (Wildman–Crippen MR) is 69.7 cm³/mol. The lowest BCUT2D eigenvalue weighted by Crippen LogP contribution is -2.38. The van der Waals surface area contributed by atoms with E-state index in [0.29, 0.717) is 0 Å². The molecule has 0 heterocycles. The van der Waals surface area contributed by atoms with E-state index in [2.05, 4.69) is 29.6 Å². The van der Waals surface area contributed by atoms with Crippen LogP contribution in [0.5, 0.6) is 0 Å². The summed E-state index contributed by atoms with van der Waals surface area (Å²) in [7, 11) is 0. The van der Waals surface area contributed by atoms with Crippen molar-refractivity contribution in [2.45, 2.75) is 46.1 Å². The molecule has 0 fully saturated rings. The van der Waals surface area contributed by atoms with Crippen molar-refractivity contribution in [1.29, 1.82) is 0 Å². The van der Waals surface area contributed by atoms with Crippen LogP contribution >= 0.6 is 0 Å². The van der Waals surface area contributed by atoms with Crippen LogP contribution in [0.2, 0.25) is 0 Å². The Morgan fingerprint density at radius 1 is 1.29 bits per heavy atom. The Labute approximate surface area is 103 Å². The van der Waals surface area contributed by atoms with E-state index in [0.717, 1.165) is 19.3 Å². The number of carbonyl (C=O) groups excluding carboxylic acids is 1. The summed E-state index contributed by atoms with van der Waals surface area (Å²) in [5, 5.41) is 3.18. The third-order valence-electron chi connectivity index (χ3n) is 3.36. The van der Waals surface area contributed by atoms with Gasteiger partial charge in [0.15, 0.2) is 0 Å². The molecule has 1 amide bonds. The van der Waals surface area contributed by atoms with Gasteiger partial charge in [0.25, 0.3) is 0 Å². The van der Waals surface area contributed by atoms with Crippen molar-refractivity contribution in [3.05, 3.63) is 35.4 Å². The van der Waals surface area contributed by atoms with Crippen molar-refractivity contribution in [2.75, 3.05) is 0 Å². The lowest BCUT2D eigenvalue weighted by atomic mass is 9.86. The highest BCUT2D eigenvalue weighted by atomic mass is 16.2. The molecule has 0 saturated heterocycles. The second-order valence-corrected chi connectivity index (χ2v) is 5.87. The van der Waals surface area contributed by atoms with E-state index in [1.54, 1.807) is 0 Å². The molecule has 1 N–H and O–H groups in total. The van der Waals surface area contributed by atoms with Crippen LogP contribution in [-0.2, 0) is 11.2 Å².